The molecule has 138 valence electrons. The van der Waals surface area contributed by atoms with E-state index < -0.39 is 0 Å². The summed E-state index contributed by atoms with van der Waals surface area (Å²) in [4.78, 5) is 14.9. The van der Waals surface area contributed by atoms with Gasteiger partial charge in [0.2, 0.25) is 0 Å². The van der Waals surface area contributed by atoms with Gasteiger partial charge in [-0.25, -0.2) is 4.79 Å². The van der Waals surface area contributed by atoms with E-state index in [1.165, 1.54) is 5.56 Å². The summed E-state index contributed by atoms with van der Waals surface area (Å²) in [5, 5.41) is 7.50. The molecule has 2 aromatic rings. The van der Waals surface area contributed by atoms with Gasteiger partial charge in [0.1, 0.15) is 0 Å². The molecule has 2 amide bonds. The number of urea groups is 1. The number of rotatable bonds is 3. The lowest BCUT2D eigenvalue weighted by Gasteiger charge is -2.33. The van der Waals surface area contributed by atoms with Crippen LogP contribution in [0.4, 0.5) is 4.79 Å². The third-order valence-corrected chi connectivity index (χ3v) is 5.41. The van der Waals surface area contributed by atoms with Gasteiger partial charge in [-0.15, -0.1) is 0 Å². The number of carbonyl (C=O) groups is 1. The van der Waals surface area contributed by atoms with Crippen molar-refractivity contribution in [3.05, 3.63) is 53.9 Å². The lowest BCUT2D eigenvalue weighted by molar-refractivity contribution is 0.00139. The van der Waals surface area contributed by atoms with Gasteiger partial charge in [0.15, 0.2) is 0 Å². The average molecular weight is 354 g/mol. The van der Waals surface area contributed by atoms with E-state index in [2.05, 4.69) is 22.5 Å². The van der Waals surface area contributed by atoms with Crippen LogP contribution in [0.25, 0.3) is 0 Å². The quantitative estimate of drug-likeness (QED) is 0.921. The van der Waals surface area contributed by atoms with Crippen molar-refractivity contribution in [2.75, 3.05) is 13.2 Å². The van der Waals surface area contributed by atoms with E-state index in [0.29, 0.717) is 6.61 Å². The van der Waals surface area contributed by atoms with Crippen molar-refractivity contribution in [2.45, 2.75) is 43.9 Å². The molecular formula is C20H26N4O2. The second kappa shape index (κ2) is 7.50. The highest BCUT2D eigenvalue weighted by Gasteiger charge is 2.33. The molecule has 6 heteroatoms. The Morgan fingerprint density at radius 1 is 1.23 bits per heavy atom. The first-order valence-electron chi connectivity index (χ1n) is 9.43. The molecule has 0 bridgehead atoms. The van der Waals surface area contributed by atoms with E-state index in [4.69, 9.17) is 4.74 Å². The summed E-state index contributed by atoms with van der Waals surface area (Å²) in [6.45, 7) is 1.48. The fourth-order valence-electron chi connectivity index (χ4n) is 4.05. The fraction of sp³-hybridized carbons (Fsp3) is 0.500. The Labute approximate surface area is 154 Å². The number of aryl methyl sites for hydroxylation is 1. The molecule has 26 heavy (non-hydrogen) atoms. The van der Waals surface area contributed by atoms with Gasteiger partial charge in [0.05, 0.1) is 18.3 Å². The van der Waals surface area contributed by atoms with Crippen molar-refractivity contribution < 1.29 is 9.53 Å². The van der Waals surface area contributed by atoms with E-state index in [9.17, 15) is 4.79 Å². The molecule has 1 aromatic carbocycles. The highest BCUT2D eigenvalue weighted by molar-refractivity contribution is 5.75. The minimum absolute atomic E-state index is 0.0371. The minimum atomic E-state index is 0.0371. The number of nitrogens with one attached hydrogen (secondary N) is 1. The van der Waals surface area contributed by atoms with Crippen LogP contribution in [0.5, 0.6) is 0 Å². The second-order valence-corrected chi connectivity index (χ2v) is 7.24. The molecule has 0 saturated carbocycles. The van der Waals surface area contributed by atoms with Crippen LogP contribution in [-0.4, -0.2) is 39.9 Å². The Hall–Kier alpha value is -2.34. The molecule has 2 saturated heterocycles. The van der Waals surface area contributed by atoms with E-state index in [0.717, 1.165) is 37.8 Å². The number of carbonyl (C=O) groups excluding carboxylic acids is 1. The summed E-state index contributed by atoms with van der Waals surface area (Å²) in [6, 6.07) is 10.6. The summed E-state index contributed by atoms with van der Waals surface area (Å²) in [7, 11) is 1.91. The first-order chi connectivity index (χ1) is 12.7. The molecule has 0 radical (unpaired) electrons. The van der Waals surface area contributed by atoms with Crippen molar-refractivity contribution in [2.24, 2.45) is 7.05 Å². The normalized spacial score (nSPS) is 26.0. The maximum absolute atomic E-state index is 12.9. The highest BCUT2D eigenvalue weighted by Crippen LogP contribution is 2.32. The number of likely N-dealkylation sites (tertiary alicyclic amines) is 1. The van der Waals surface area contributed by atoms with Crippen LogP contribution in [0.3, 0.4) is 0 Å². The van der Waals surface area contributed by atoms with Crippen molar-refractivity contribution in [1.82, 2.24) is 20.0 Å². The van der Waals surface area contributed by atoms with Gasteiger partial charge >= 0.3 is 6.03 Å². The van der Waals surface area contributed by atoms with Crippen LogP contribution < -0.4 is 5.32 Å². The van der Waals surface area contributed by atoms with Gasteiger partial charge in [-0.05, 0) is 31.2 Å². The minimum Gasteiger partial charge on any atom is -0.373 e. The number of benzene rings is 1. The summed E-state index contributed by atoms with van der Waals surface area (Å²) in [5.74, 6) is 0. The van der Waals surface area contributed by atoms with Crippen LogP contribution in [0.15, 0.2) is 42.7 Å². The summed E-state index contributed by atoms with van der Waals surface area (Å²) < 4.78 is 7.72. The zero-order chi connectivity index (χ0) is 17.9. The van der Waals surface area contributed by atoms with Crippen molar-refractivity contribution >= 4 is 6.03 Å². The zero-order valence-electron chi connectivity index (χ0n) is 15.2. The molecule has 3 unspecified atom stereocenters. The van der Waals surface area contributed by atoms with Crippen LogP contribution in [-0.2, 0) is 11.8 Å². The number of hydrogen-bond acceptors (Lipinski definition) is 3. The lowest BCUT2D eigenvalue weighted by atomic mass is 9.97. The molecule has 6 nitrogen and oxygen atoms in total. The van der Waals surface area contributed by atoms with E-state index in [-0.39, 0.29) is 24.2 Å². The SMILES string of the molecule is Cn1cc(C2CCCN2C(=O)NC2CCOC(c3ccccc3)C2)cn1. The smallest absolute Gasteiger partial charge is 0.318 e. The Morgan fingerprint density at radius 2 is 2.08 bits per heavy atom. The van der Waals surface area contributed by atoms with Crippen molar-refractivity contribution in [3.63, 3.8) is 0 Å². The molecule has 1 aromatic heterocycles. The molecule has 1 N–H and O–H groups in total. The van der Waals surface area contributed by atoms with Gasteiger partial charge < -0.3 is 15.0 Å². The molecule has 2 fully saturated rings. The number of nitrogens with zero attached hydrogens (tertiary/aromatic N) is 3. The van der Waals surface area contributed by atoms with E-state index in [1.807, 2.05) is 42.5 Å². The third kappa shape index (κ3) is 3.60. The Bertz CT molecular complexity index is 745. The van der Waals surface area contributed by atoms with Gasteiger partial charge in [-0.1, -0.05) is 30.3 Å². The molecule has 2 aliphatic rings. The molecule has 3 atom stereocenters. The van der Waals surface area contributed by atoms with Crippen LogP contribution in [0, 0.1) is 0 Å². The molecule has 3 heterocycles. The summed E-state index contributed by atoms with van der Waals surface area (Å²) >= 11 is 0. The maximum Gasteiger partial charge on any atom is 0.318 e. The molecular weight excluding hydrogens is 328 g/mol. The number of aromatic nitrogens is 2. The predicted molar refractivity (Wildman–Crippen MR) is 98.6 cm³/mol. The van der Waals surface area contributed by atoms with E-state index >= 15 is 0 Å². The van der Waals surface area contributed by atoms with Gasteiger partial charge in [-0.3, -0.25) is 4.68 Å². The standard InChI is InChI=1S/C20H26N4O2/c1-23-14-16(13-21-23)18-8-5-10-24(18)20(25)22-17-9-11-26-19(12-17)15-6-3-2-4-7-15/h2-4,6-7,13-14,17-19H,5,8-12H2,1H3,(H,22,25). The average Bonchev–Trinajstić information content (AvgIpc) is 3.31. The fourth-order valence-corrected chi connectivity index (χ4v) is 4.05. The maximum atomic E-state index is 12.9. The Morgan fingerprint density at radius 3 is 2.85 bits per heavy atom. The van der Waals surface area contributed by atoms with Crippen LogP contribution in [0.2, 0.25) is 0 Å². The Kier molecular flexibility index (Phi) is 4.93. The highest BCUT2D eigenvalue weighted by atomic mass is 16.5. The zero-order valence-corrected chi connectivity index (χ0v) is 15.2. The van der Waals surface area contributed by atoms with Crippen molar-refractivity contribution in [1.29, 1.82) is 0 Å². The number of amides is 2. The van der Waals surface area contributed by atoms with Crippen molar-refractivity contribution in [3.8, 4) is 0 Å². The third-order valence-electron chi connectivity index (χ3n) is 5.41. The second-order valence-electron chi connectivity index (χ2n) is 7.24. The van der Waals surface area contributed by atoms with Gasteiger partial charge in [0.25, 0.3) is 0 Å². The lowest BCUT2D eigenvalue weighted by Crippen LogP contribution is -2.46. The van der Waals surface area contributed by atoms with Gasteiger partial charge in [-0.2, -0.15) is 5.10 Å². The molecule has 2 aliphatic heterocycles. The molecule has 0 spiro atoms. The summed E-state index contributed by atoms with van der Waals surface area (Å²) in [5.41, 5.74) is 2.30. The molecule has 4 rings (SSSR count). The predicted octanol–water partition coefficient (Wildman–Crippen LogP) is 3.19. The number of hydrogen-bond donors (Lipinski definition) is 1. The van der Waals surface area contributed by atoms with Gasteiger partial charge in [0, 0.05) is 38.0 Å². The first kappa shape index (κ1) is 17.1. The largest absolute Gasteiger partial charge is 0.373 e. The molecule has 0 aliphatic carbocycles. The Balaban J connectivity index is 1.39. The topological polar surface area (TPSA) is 59.4 Å². The van der Waals surface area contributed by atoms with Crippen LogP contribution in [0.1, 0.15) is 49.0 Å². The van der Waals surface area contributed by atoms with Crippen LogP contribution >= 0.6 is 0 Å². The monoisotopic (exact) mass is 354 g/mol. The number of ether oxygens (including phenoxy) is 1. The van der Waals surface area contributed by atoms with E-state index in [1.54, 1.807) is 4.68 Å². The summed E-state index contributed by atoms with van der Waals surface area (Å²) in [6.07, 6.45) is 7.66. The first-order valence-corrected chi connectivity index (χ1v) is 9.43.